The summed E-state index contributed by atoms with van der Waals surface area (Å²) in [6, 6.07) is 2.27. The van der Waals surface area contributed by atoms with Crippen LogP contribution in [0, 0.1) is 5.92 Å². The van der Waals surface area contributed by atoms with Crippen molar-refractivity contribution in [3.8, 4) is 0 Å². The average Bonchev–Trinajstić information content (AvgIpc) is 2.82. The smallest absolute Gasteiger partial charge is 0.224 e. The fourth-order valence-corrected chi connectivity index (χ4v) is 2.49. The molecule has 1 aromatic rings. The molecule has 0 radical (unpaired) electrons. The summed E-state index contributed by atoms with van der Waals surface area (Å²) in [7, 11) is 0. The maximum absolute atomic E-state index is 12.2. The summed E-state index contributed by atoms with van der Waals surface area (Å²) in [5.74, 6) is 0.258. The first-order valence-electron chi connectivity index (χ1n) is 6.68. The predicted molar refractivity (Wildman–Crippen MR) is 70.0 cm³/mol. The summed E-state index contributed by atoms with van der Waals surface area (Å²) in [5.41, 5.74) is 0. The van der Waals surface area contributed by atoms with E-state index in [1.165, 1.54) is 0 Å². The number of hydrogen-bond donors (Lipinski definition) is 2. The second-order valence-corrected chi connectivity index (χ2v) is 5.13. The fraction of sp³-hybridized carbons (Fsp3) is 0.692. The molecule has 3 atom stereocenters. The van der Waals surface area contributed by atoms with Crippen LogP contribution in [-0.2, 0) is 11.3 Å². The van der Waals surface area contributed by atoms with E-state index < -0.39 is 0 Å². The molecule has 1 fully saturated rings. The van der Waals surface area contributed by atoms with Gasteiger partial charge in [-0.15, -0.1) is 0 Å². The first-order chi connectivity index (χ1) is 8.66. The first-order valence-corrected chi connectivity index (χ1v) is 6.68. The molecular formula is C13H22N4O. The Kier molecular flexibility index (Phi) is 4.36. The molecule has 1 aromatic heterocycles. The van der Waals surface area contributed by atoms with Gasteiger partial charge >= 0.3 is 0 Å². The zero-order chi connectivity index (χ0) is 13.0. The molecule has 1 amide bonds. The molecule has 5 heteroatoms. The lowest BCUT2D eigenvalue weighted by molar-refractivity contribution is -0.127. The molecule has 0 aliphatic carbocycles. The lowest BCUT2D eigenvalue weighted by Crippen LogP contribution is -2.49. The van der Waals surface area contributed by atoms with Crippen molar-refractivity contribution in [2.24, 2.45) is 5.92 Å². The molecule has 0 bridgehead atoms. The number of amides is 1. The van der Waals surface area contributed by atoms with Gasteiger partial charge in [0.2, 0.25) is 5.91 Å². The van der Waals surface area contributed by atoms with E-state index in [0.29, 0.717) is 6.54 Å². The number of aromatic nitrogens is 2. The summed E-state index contributed by atoms with van der Waals surface area (Å²) in [4.78, 5) is 12.2. The third-order valence-electron chi connectivity index (χ3n) is 3.51. The maximum Gasteiger partial charge on any atom is 0.224 e. The lowest BCUT2D eigenvalue weighted by Gasteiger charge is -2.30. The number of carbonyl (C=O) groups is 1. The SMILES string of the molecule is CC(Cn1cccn1)NC(=O)C1CCCNC1C. The van der Waals surface area contributed by atoms with E-state index in [9.17, 15) is 4.79 Å². The number of nitrogens with one attached hydrogen (secondary N) is 2. The van der Waals surface area contributed by atoms with Crippen molar-refractivity contribution in [3.63, 3.8) is 0 Å². The molecule has 2 heterocycles. The van der Waals surface area contributed by atoms with Gasteiger partial charge in [0.15, 0.2) is 0 Å². The Morgan fingerprint density at radius 2 is 2.50 bits per heavy atom. The summed E-state index contributed by atoms with van der Waals surface area (Å²) in [6.45, 7) is 5.84. The van der Waals surface area contributed by atoms with Crippen LogP contribution in [0.2, 0.25) is 0 Å². The Morgan fingerprint density at radius 3 is 3.17 bits per heavy atom. The van der Waals surface area contributed by atoms with Gasteiger partial charge in [0, 0.05) is 24.5 Å². The summed E-state index contributed by atoms with van der Waals surface area (Å²) < 4.78 is 1.84. The van der Waals surface area contributed by atoms with Gasteiger partial charge in [-0.3, -0.25) is 9.48 Å². The van der Waals surface area contributed by atoms with E-state index in [1.54, 1.807) is 6.20 Å². The lowest BCUT2D eigenvalue weighted by atomic mass is 9.91. The fourth-order valence-electron chi connectivity index (χ4n) is 2.49. The van der Waals surface area contributed by atoms with Crippen molar-refractivity contribution in [2.45, 2.75) is 45.3 Å². The standard InChI is InChI=1S/C13H22N4O/c1-10(9-17-8-4-7-15-17)16-13(18)12-5-3-6-14-11(12)2/h4,7-8,10-12,14H,3,5-6,9H2,1-2H3,(H,16,18). The van der Waals surface area contributed by atoms with Crippen LogP contribution in [0.25, 0.3) is 0 Å². The second kappa shape index (κ2) is 6.00. The van der Waals surface area contributed by atoms with Gasteiger partial charge in [-0.2, -0.15) is 5.10 Å². The molecule has 1 aliphatic rings. The summed E-state index contributed by atoms with van der Waals surface area (Å²) >= 11 is 0. The van der Waals surface area contributed by atoms with Crippen LogP contribution in [0.1, 0.15) is 26.7 Å². The van der Waals surface area contributed by atoms with Gasteiger partial charge in [-0.05, 0) is 39.3 Å². The molecule has 0 aromatic carbocycles. The molecule has 2 rings (SSSR count). The van der Waals surface area contributed by atoms with Crippen LogP contribution in [0.3, 0.4) is 0 Å². The van der Waals surface area contributed by atoms with Crippen molar-refractivity contribution in [2.75, 3.05) is 6.54 Å². The Balaban J connectivity index is 1.82. The number of hydrogen-bond acceptors (Lipinski definition) is 3. The molecule has 0 saturated carbocycles. The van der Waals surface area contributed by atoms with Crippen molar-refractivity contribution in [1.29, 1.82) is 0 Å². The van der Waals surface area contributed by atoms with Crippen LogP contribution >= 0.6 is 0 Å². The second-order valence-electron chi connectivity index (χ2n) is 5.13. The molecule has 18 heavy (non-hydrogen) atoms. The van der Waals surface area contributed by atoms with E-state index in [-0.39, 0.29) is 23.9 Å². The monoisotopic (exact) mass is 250 g/mol. The minimum Gasteiger partial charge on any atom is -0.351 e. The van der Waals surface area contributed by atoms with Crippen LogP contribution < -0.4 is 10.6 Å². The number of nitrogens with zero attached hydrogens (tertiary/aromatic N) is 2. The summed E-state index contributed by atoms with van der Waals surface area (Å²) in [5, 5.41) is 10.6. The molecule has 1 aliphatic heterocycles. The Hall–Kier alpha value is -1.36. The van der Waals surface area contributed by atoms with Gasteiger partial charge in [0.1, 0.15) is 0 Å². The zero-order valence-corrected chi connectivity index (χ0v) is 11.1. The Labute approximate surface area is 108 Å². The maximum atomic E-state index is 12.2. The van der Waals surface area contributed by atoms with Gasteiger partial charge in [0.05, 0.1) is 12.5 Å². The highest BCUT2D eigenvalue weighted by Crippen LogP contribution is 2.16. The van der Waals surface area contributed by atoms with Crippen LogP contribution in [0.4, 0.5) is 0 Å². The van der Waals surface area contributed by atoms with Crippen molar-refractivity contribution >= 4 is 5.91 Å². The van der Waals surface area contributed by atoms with Gasteiger partial charge < -0.3 is 10.6 Å². The normalized spacial score (nSPS) is 25.7. The average molecular weight is 250 g/mol. The molecule has 3 unspecified atom stereocenters. The quantitative estimate of drug-likeness (QED) is 0.830. The molecular weight excluding hydrogens is 228 g/mol. The third-order valence-corrected chi connectivity index (χ3v) is 3.51. The summed E-state index contributed by atoms with van der Waals surface area (Å²) in [6.07, 6.45) is 5.72. The highest BCUT2D eigenvalue weighted by atomic mass is 16.2. The number of rotatable bonds is 4. The number of carbonyl (C=O) groups excluding carboxylic acids is 1. The van der Waals surface area contributed by atoms with E-state index >= 15 is 0 Å². The van der Waals surface area contributed by atoms with E-state index in [4.69, 9.17) is 0 Å². The van der Waals surface area contributed by atoms with Crippen molar-refractivity contribution in [1.82, 2.24) is 20.4 Å². The highest BCUT2D eigenvalue weighted by Gasteiger charge is 2.28. The molecule has 1 saturated heterocycles. The van der Waals surface area contributed by atoms with Crippen LogP contribution in [-0.4, -0.2) is 34.3 Å². The highest BCUT2D eigenvalue weighted by molar-refractivity contribution is 5.79. The Morgan fingerprint density at radius 1 is 1.67 bits per heavy atom. The molecule has 0 spiro atoms. The van der Waals surface area contributed by atoms with E-state index in [0.717, 1.165) is 19.4 Å². The molecule has 5 nitrogen and oxygen atoms in total. The third kappa shape index (κ3) is 3.32. The molecule has 2 N–H and O–H groups in total. The predicted octanol–water partition coefficient (Wildman–Crippen LogP) is 0.776. The topological polar surface area (TPSA) is 59.0 Å². The molecule has 100 valence electrons. The van der Waals surface area contributed by atoms with Crippen LogP contribution in [0.5, 0.6) is 0 Å². The number of piperidine rings is 1. The minimum atomic E-state index is 0.0961. The van der Waals surface area contributed by atoms with Crippen molar-refractivity contribution in [3.05, 3.63) is 18.5 Å². The van der Waals surface area contributed by atoms with Gasteiger partial charge in [-0.25, -0.2) is 0 Å². The van der Waals surface area contributed by atoms with Gasteiger partial charge in [-0.1, -0.05) is 0 Å². The Bertz CT molecular complexity index is 376. The minimum absolute atomic E-state index is 0.0961. The largest absolute Gasteiger partial charge is 0.351 e. The zero-order valence-electron chi connectivity index (χ0n) is 11.1. The van der Waals surface area contributed by atoms with E-state index in [1.807, 2.05) is 23.9 Å². The van der Waals surface area contributed by atoms with Crippen molar-refractivity contribution < 1.29 is 4.79 Å². The van der Waals surface area contributed by atoms with Gasteiger partial charge in [0.25, 0.3) is 0 Å². The van der Waals surface area contributed by atoms with E-state index in [2.05, 4.69) is 22.7 Å². The van der Waals surface area contributed by atoms with Crippen LogP contribution in [0.15, 0.2) is 18.5 Å². The first kappa shape index (κ1) is 13.1.